The average molecular weight is 296 g/mol. The number of aliphatic hydroxyl groups is 1. The van der Waals surface area contributed by atoms with Gasteiger partial charge in [-0.1, -0.05) is 11.0 Å². The lowest BCUT2D eigenvalue weighted by Gasteiger charge is -2.19. The lowest BCUT2D eigenvalue weighted by atomic mass is 10.2. The van der Waals surface area contributed by atoms with Gasteiger partial charge in [-0.3, -0.25) is 4.84 Å². The van der Waals surface area contributed by atoms with Gasteiger partial charge in [-0.2, -0.15) is 8.42 Å². The van der Waals surface area contributed by atoms with E-state index in [-0.39, 0.29) is 13.2 Å². The summed E-state index contributed by atoms with van der Waals surface area (Å²) in [6, 6.07) is 0. The van der Waals surface area contributed by atoms with Gasteiger partial charge >= 0.3 is 16.3 Å². The Balaban J connectivity index is 4.16. The van der Waals surface area contributed by atoms with Gasteiger partial charge < -0.3 is 9.84 Å². The highest BCUT2D eigenvalue weighted by Crippen LogP contribution is 2.06. The number of carbonyl (C=O) groups is 1. The van der Waals surface area contributed by atoms with E-state index in [1.165, 1.54) is 6.08 Å². The van der Waals surface area contributed by atoms with Crippen LogP contribution >= 0.6 is 0 Å². The summed E-state index contributed by atoms with van der Waals surface area (Å²) in [5, 5.41) is 8.69. The maximum atomic E-state index is 11.3. The van der Waals surface area contributed by atoms with Gasteiger partial charge in [0.1, 0.15) is 5.60 Å². The Bertz CT molecular complexity index is 424. The summed E-state index contributed by atoms with van der Waals surface area (Å²) in [6.07, 6.45) is 0.376. The molecule has 0 fully saturated rings. The predicted octanol–water partition coefficient (Wildman–Crippen LogP) is 0.216. The number of carbonyl (C=O) groups excluding carboxylic acids is 1. The normalized spacial score (nSPS) is 13.2. The van der Waals surface area contributed by atoms with Crippen molar-refractivity contribution in [3.63, 3.8) is 0 Å². The van der Waals surface area contributed by atoms with Gasteiger partial charge in [-0.05, 0) is 33.3 Å². The van der Waals surface area contributed by atoms with Crippen molar-refractivity contribution < 1.29 is 27.9 Å². The van der Waals surface area contributed by atoms with Gasteiger partial charge in [-0.15, -0.1) is 0 Å². The van der Waals surface area contributed by atoms with E-state index >= 15 is 0 Å². The second-order valence-corrected chi connectivity index (χ2v) is 6.09. The molecular formula is C10H20N2O6S. The fraction of sp³-hybridized carbons (Fsp3) is 0.700. The summed E-state index contributed by atoms with van der Waals surface area (Å²) in [4.78, 5) is 17.5. The molecule has 0 aliphatic heterocycles. The molecule has 0 saturated heterocycles. The highest BCUT2D eigenvalue weighted by atomic mass is 32.2. The van der Waals surface area contributed by atoms with E-state index in [1.807, 2.05) is 0 Å². The second kappa shape index (κ2) is 7.43. The molecule has 0 saturated carbocycles. The number of rotatable bonds is 6. The lowest BCUT2D eigenvalue weighted by molar-refractivity contribution is 0.0560. The Kier molecular flexibility index (Phi) is 6.98. The standard InChI is InChI=1S/C10H20N2O6S/c1-8(7-13)5-6-17-12-19(15,16)11-9(14)18-10(2,3)4/h5,12-13H,6-7H2,1-4H3,(H,11,14)/b8-5-. The minimum Gasteiger partial charge on any atom is -0.443 e. The molecule has 0 unspecified atom stereocenters. The summed E-state index contributed by atoms with van der Waals surface area (Å²) in [7, 11) is -4.15. The monoisotopic (exact) mass is 296 g/mol. The van der Waals surface area contributed by atoms with Gasteiger partial charge in [0.15, 0.2) is 0 Å². The molecule has 0 rings (SSSR count). The summed E-state index contributed by atoms with van der Waals surface area (Å²) >= 11 is 0. The highest BCUT2D eigenvalue weighted by Gasteiger charge is 2.21. The van der Waals surface area contributed by atoms with Crippen molar-refractivity contribution in [2.24, 2.45) is 0 Å². The number of amides is 1. The van der Waals surface area contributed by atoms with Gasteiger partial charge in [-0.25, -0.2) is 9.52 Å². The second-order valence-electron chi connectivity index (χ2n) is 4.71. The first-order chi connectivity index (χ1) is 8.56. The molecule has 0 aromatic heterocycles. The predicted molar refractivity (Wildman–Crippen MR) is 68.2 cm³/mol. The van der Waals surface area contributed by atoms with Crippen molar-refractivity contribution in [3.05, 3.63) is 11.6 Å². The van der Waals surface area contributed by atoms with Crippen molar-refractivity contribution in [2.75, 3.05) is 13.2 Å². The quantitative estimate of drug-likeness (QED) is 0.367. The zero-order valence-electron chi connectivity index (χ0n) is 11.4. The van der Waals surface area contributed by atoms with E-state index in [0.29, 0.717) is 5.57 Å². The third kappa shape index (κ3) is 10.4. The van der Waals surface area contributed by atoms with E-state index in [4.69, 9.17) is 9.84 Å². The summed E-state index contributed by atoms with van der Waals surface area (Å²) < 4.78 is 29.0. The van der Waals surface area contributed by atoms with Crippen LogP contribution in [0.3, 0.4) is 0 Å². The van der Waals surface area contributed by atoms with Crippen LogP contribution in [-0.2, 0) is 19.8 Å². The van der Waals surface area contributed by atoms with Crippen LogP contribution in [-0.4, -0.2) is 38.4 Å². The molecule has 9 heteroatoms. The minimum absolute atomic E-state index is 0.0817. The Morgan fingerprint density at radius 2 is 1.95 bits per heavy atom. The summed E-state index contributed by atoms with van der Waals surface area (Å²) in [5.74, 6) is 0. The molecule has 0 aromatic rings. The molecule has 0 radical (unpaired) electrons. The minimum atomic E-state index is -4.15. The van der Waals surface area contributed by atoms with Crippen LogP contribution in [0.15, 0.2) is 11.6 Å². The van der Waals surface area contributed by atoms with Crippen LogP contribution < -0.4 is 9.61 Å². The zero-order chi connectivity index (χ0) is 15.1. The fourth-order valence-electron chi connectivity index (χ4n) is 0.790. The first-order valence-electron chi connectivity index (χ1n) is 5.46. The van der Waals surface area contributed by atoms with E-state index < -0.39 is 21.9 Å². The number of aliphatic hydroxyl groups excluding tert-OH is 1. The van der Waals surface area contributed by atoms with Crippen LogP contribution in [0.25, 0.3) is 0 Å². The maximum Gasteiger partial charge on any atom is 0.422 e. The van der Waals surface area contributed by atoms with Crippen molar-refractivity contribution in [1.29, 1.82) is 0 Å². The number of hydrogen-bond acceptors (Lipinski definition) is 6. The molecule has 0 heterocycles. The van der Waals surface area contributed by atoms with E-state index in [2.05, 4.69) is 4.84 Å². The first-order valence-corrected chi connectivity index (χ1v) is 6.95. The smallest absolute Gasteiger partial charge is 0.422 e. The third-order valence-corrected chi connectivity index (χ3v) is 2.32. The Hall–Kier alpha value is -1.16. The first kappa shape index (κ1) is 17.8. The average Bonchev–Trinajstić information content (AvgIpc) is 2.20. The Labute approximate surface area is 112 Å². The SMILES string of the molecule is C/C(=C/CONS(=O)(=O)NC(=O)OC(C)(C)C)CO. The van der Waals surface area contributed by atoms with Crippen molar-refractivity contribution >= 4 is 16.3 Å². The van der Waals surface area contributed by atoms with E-state index in [0.717, 1.165) is 0 Å². The molecule has 0 aliphatic rings. The summed E-state index contributed by atoms with van der Waals surface area (Å²) in [5.41, 5.74) is -0.180. The third-order valence-electron chi connectivity index (χ3n) is 1.55. The lowest BCUT2D eigenvalue weighted by Crippen LogP contribution is -2.42. The molecule has 1 amide bonds. The van der Waals surface area contributed by atoms with Crippen LogP contribution in [0, 0.1) is 0 Å². The zero-order valence-corrected chi connectivity index (χ0v) is 12.2. The fourth-order valence-corrected chi connectivity index (χ4v) is 1.32. The molecule has 3 N–H and O–H groups in total. The molecule has 0 spiro atoms. The number of hydrogen-bond donors (Lipinski definition) is 3. The molecule has 8 nitrogen and oxygen atoms in total. The van der Waals surface area contributed by atoms with Crippen LogP contribution in [0.5, 0.6) is 0 Å². The molecule has 0 aromatic carbocycles. The molecular weight excluding hydrogens is 276 g/mol. The van der Waals surface area contributed by atoms with E-state index in [1.54, 1.807) is 37.3 Å². The highest BCUT2D eigenvalue weighted by molar-refractivity contribution is 7.87. The van der Waals surface area contributed by atoms with Gasteiger partial charge in [0.25, 0.3) is 0 Å². The van der Waals surface area contributed by atoms with Crippen LogP contribution in [0.2, 0.25) is 0 Å². The largest absolute Gasteiger partial charge is 0.443 e. The molecule has 0 atom stereocenters. The van der Waals surface area contributed by atoms with Crippen molar-refractivity contribution in [3.8, 4) is 0 Å². The molecule has 112 valence electrons. The summed E-state index contributed by atoms with van der Waals surface area (Å²) in [6.45, 7) is 6.23. The van der Waals surface area contributed by atoms with Gasteiger partial charge in [0.2, 0.25) is 0 Å². The molecule has 0 bridgehead atoms. The van der Waals surface area contributed by atoms with Crippen molar-refractivity contribution in [2.45, 2.75) is 33.3 Å². The molecule has 19 heavy (non-hydrogen) atoms. The number of ether oxygens (including phenoxy) is 1. The maximum absolute atomic E-state index is 11.3. The topological polar surface area (TPSA) is 114 Å². The number of nitrogens with one attached hydrogen (secondary N) is 2. The Morgan fingerprint density at radius 1 is 1.37 bits per heavy atom. The van der Waals surface area contributed by atoms with Crippen LogP contribution in [0.4, 0.5) is 4.79 Å². The van der Waals surface area contributed by atoms with Gasteiger partial charge in [0.05, 0.1) is 13.2 Å². The van der Waals surface area contributed by atoms with Crippen LogP contribution in [0.1, 0.15) is 27.7 Å². The van der Waals surface area contributed by atoms with Gasteiger partial charge in [0, 0.05) is 0 Å². The molecule has 0 aliphatic carbocycles. The Morgan fingerprint density at radius 3 is 2.42 bits per heavy atom. The van der Waals surface area contributed by atoms with Crippen molar-refractivity contribution in [1.82, 2.24) is 9.61 Å². The van der Waals surface area contributed by atoms with E-state index in [9.17, 15) is 13.2 Å².